The van der Waals surface area contributed by atoms with E-state index in [4.69, 9.17) is 10.5 Å². The largest absolute Gasteiger partial charge is 0.489 e. The van der Waals surface area contributed by atoms with E-state index in [1.807, 2.05) is 49.4 Å². The fourth-order valence-electron chi connectivity index (χ4n) is 3.76. The van der Waals surface area contributed by atoms with Gasteiger partial charge in [-0.1, -0.05) is 49.4 Å². The molecule has 31 heavy (non-hydrogen) atoms. The quantitative estimate of drug-likeness (QED) is 0.386. The van der Waals surface area contributed by atoms with Crippen molar-refractivity contribution in [1.82, 2.24) is 10.2 Å². The van der Waals surface area contributed by atoms with Gasteiger partial charge < -0.3 is 10.5 Å². The Morgan fingerprint density at radius 1 is 0.968 bits per heavy atom. The number of halogens is 2. The molecule has 0 atom stereocenters. The highest BCUT2D eigenvalue weighted by Crippen LogP contribution is 2.37. The summed E-state index contributed by atoms with van der Waals surface area (Å²) in [5.41, 5.74) is 10.4. The molecule has 0 spiro atoms. The van der Waals surface area contributed by atoms with E-state index in [-0.39, 0.29) is 12.4 Å². The molecule has 0 unspecified atom stereocenters. The molecule has 4 nitrogen and oxygen atoms in total. The second-order valence-electron chi connectivity index (χ2n) is 7.13. The molecule has 0 saturated carbocycles. The molecule has 3 N–H and O–H groups in total. The van der Waals surface area contributed by atoms with Crippen molar-refractivity contribution in [3.63, 3.8) is 0 Å². The third-order valence-corrected chi connectivity index (χ3v) is 5.18. The average Bonchev–Trinajstić information content (AvgIpc) is 3.17. The highest BCUT2D eigenvalue weighted by Gasteiger charge is 2.17. The zero-order valence-corrected chi connectivity index (χ0v) is 17.2. The first kappa shape index (κ1) is 20.8. The number of benzene rings is 3. The van der Waals surface area contributed by atoms with E-state index >= 15 is 0 Å². The lowest BCUT2D eigenvalue weighted by atomic mass is 9.87. The minimum absolute atomic E-state index is 0.155. The predicted octanol–water partition coefficient (Wildman–Crippen LogP) is 5.55. The molecule has 4 rings (SSSR count). The van der Waals surface area contributed by atoms with Crippen LogP contribution in [0.3, 0.4) is 0 Å². The average molecular weight is 419 g/mol. The van der Waals surface area contributed by atoms with Crippen LogP contribution in [0.4, 0.5) is 8.78 Å². The number of ether oxygens (including phenoxy) is 1. The number of fused-ring (bicyclic) bond motifs is 1. The Hall–Kier alpha value is -3.51. The van der Waals surface area contributed by atoms with E-state index in [2.05, 4.69) is 10.2 Å². The Bertz CT molecular complexity index is 1230. The Labute approximate surface area is 179 Å². The van der Waals surface area contributed by atoms with Gasteiger partial charge >= 0.3 is 0 Å². The molecule has 6 heteroatoms. The maximum Gasteiger partial charge on any atom is 0.240 e. The van der Waals surface area contributed by atoms with Crippen molar-refractivity contribution < 1.29 is 13.5 Å². The number of hydrogen-bond donors (Lipinski definition) is 2. The lowest BCUT2D eigenvalue weighted by molar-refractivity contribution is 0.311. The Balaban J connectivity index is 1.94. The minimum Gasteiger partial charge on any atom is -0.489 e. The van der Waals surface area contributed by atoms with Crippen molar-refractivity contribution in [2.24, 2.45) is 5.73 Å². The van der Waals surface area contributed by atoms with Crippen LogP contribution in [0.25, 0.3) is 22.0 Å². The highest BCUT2D eigenvalue weighted by molar-refractivity contribution is 6.00. The maximum atomic E-state index is 14.8. The molecule has 0 aliphatic heterocycles. The zero-order valence-electron chi connectivity index (χ0n) is 17.2. The fraction of sp³-hybridized carbons (Fsp3) is 0.160. The summed E-state index contributed by atoms with van der Waals surface area (Å²) in [7, 11) is 0. The summed E-state index contributed by atoms with van der Waals surface area (Å²) in [5, 5.41) is 6.72. The number of nitrogens with zero attached hydrogens (tertiary/aromatic N) is 1. The van der Waals surface area contributed by atoms with Gasteiger partial charge in [0.15, 0.2) is 11.6 Å². The van der Waals surface area contributed by atoms with Crippen LogP contribution in [0.15, 0.2) is 66.7 Å². The molecule has 0 bridgehead atoms. The van der Waals surface area contributed by atoms with Gasteiger partial charge in [0.05, 0.1) is 10.9 Å². The monoisotopic (exact) mass is 419 g/mol. The van der Waals surface area contributed by atoms with Gasteiger partial charge in [0, 0.05) is 6.54 Å². The number of allylic oxidation sites excluding steroid dienone is 1. The van der Waals surface area contributed by atoms with E-state index in [1.54, 1.807) is 18.2 Å². The molecule has 0 amide bonds. The van der Waals surface area contributed by atoms with E-state index in [1.165, 1.54) is 6.07 Å². The van der Waals surface area contributed by atoms with Crippen LogP contribution in [-0.2, 0) is 0 Å². The number of aromatic amines is 1. The number of nitrogens with two attached hydrogens (primary N) is 1. The van der Waals surface area contributed by atoms with Crippen molar-refractivity contribution >= 4 is 22.0 Å². The van der Waals surface area contributed by atoms with Gasteiger partial charge in [-0.2, -0.15) is 4.39 Å². The number of rotatable bonds is 7. The van der Waals surface area contributed by atoms with E-state index in [0.29, 0.717) is 29.4 Å². The van der Waals surface area contributed by atoms with Crippen molar-refractivity contribution in [2.45, 2.75) is 13.3 Å². The Morgan fingerprint density at radius 2 is 1.71 bits per heavy atom. The molecule has 3 aromatic carbocycles. The topological polar surface area (TPSA) is 63.9 Å². The normalized spacial score (nSPS) is 12.1. The molecule has 0 saturated heterocycles. The third-order valence-electron chi connectivity index (χ3n) is 5.18. The molecule has 1 aromatic heterocycles. The van der Waals surface area contributed by atoms with Gasteiger partial charge in [-0.25, -0.2) is 4.39 Å². The zero-order chi connectivity index (χ0) is 21.8. The Morgan fingerprint density at radius 3 is 2.42 bits per heavy atom. The van der Waals surface area contributed by atoms with Crippen molar-refractivity contribution in [3.8, 4) is 5.75 Å². The first-order valence-corrected chi connectivity index (χ1v) is 10.2. The van der Waals surface area contributed by atoms with Crippen LogP contribution in [0.1, 0.15) is 30.0 Å². The predicted molar refractivity (Wildman–Crippen MR) is 120 cm³/mol. The molecule has 4 aromatic rings. The first-order chi connectivity index (χ1) is 15.1. The van der Waals surface area contributed by atoms with Crippen molar-refractivity contribution in [3.05, 3.63) is 95.2 Å². The Kier molecular flexibility index (Phi) is 6.09. The number of H-pyrrole nitrogens is 1. The summed E-state index contributed by atoms with van der Waals surface area (Å²) in [6, 6.07) is 20.2. The minimum atomic E-state index is -0.564. The van der Waals surface area contributed by atoms with Crippen molar-refractivity contribution in [2.75, 3.05) is 13.2 Å². The highest BCUT2D eigenvalue weighted by atomic mass is 19.1. The molecule has 1 heterocycles. The molecule has 158 valence electrons. The van der Waals surface area contributed by atoms with Gasteiger partial charge in [0.25, 0.3) is 0 Å². The maximum absolute atomic E-state index is 14.8. The second-order valence-corrected chi connectivity index (χ2v) is 7.13. The van der Waals surface area contributed by atoms with Crippen molar-refractivity contribution in [1.29, 1.82) is 0 Å². The van der Waals surface area contributed by atoms with Crippen LogP contribution in [0.5, 0.6) is 5.75 Å². The summed E-state index contributed by atoms with van der Waals surface area (Å²) >= 11 is 0. The molecular weight excluding hydrogens is 396 g/mol. The molecule has 0 radical (unpaired) electrons. The smallest absolute Gasteiger partial charge is 0.240 e. The van der Waals surface area contributed by atoms with Gasteiger partial charge in [-0.3, -0.25) is 5.10 Å². The number of aromatic nitrogens is 2. The van der Waals surface area contributed by atoms with Gasteiger partial charge in [-0.05, 0) is 58.5 Å². The first-order valence-electron chi connectivity index (χ1n) is 10.2. The third kappa shape index (κ3) is 4.20. The van der Waals surface area contributed by atoms with Crippen LogP contribution in [0.2, 0.25) is 0 Å². The van der Waals surface area contributed by atoms with Crippen LogP contribution in [-0.4, -0.2) is 23.3 Å². The summed E-state index contributed by atoms with van der Waals surface area (Å²) in [4.78, 5) is 0. The molecule has 0 aliphatic rings. The number of nitrogens with one attached hydrogen (secondary N) is 1. The van der Waals surface area contributed by atoms with E-state index in [0.717, 1.165) is 22.3 Å². The summed E-state index contributed by atoms with van der Waals surface area (Å²) < 4.78 is 34.4. The van der Waals surface area contributed by atoms with Gasteiger partial charge in [0.1, 0.15) is 6.61 Å². The standard InChI is InChI=1S/C25H23F2N3O/c1-2-19(16-6-4-3-5-7-16)24(17-8-10-22-20(14-17)25(27)30-29-22)18-9-11-23(21(26)15-18)31-13-12-28/h3-11,14-15H,2,12-13,28H2,1H3,(H,29,30). The van der Waals surface area contributed by atoms with E-state index < -0.39 is 11.8 Å². The fourth-order valence-corrected chi connectivity index (χ4v) is 3.76. The van der Waals surface area contributed by atoms with Crippen LogP contribution in [0, 0.1) is 11.8 Å². The summed E-state index contributed by atoms with van der Waals surface area (Å²) in [6.07, 6.45) is 0.707. The second kappa shape index (κ2) is 9.10. The molecule has 0 fully saturated rings. The van der Waals surface area contributed by atoms with Crippen LogP contribution >= 0.6 is 0 Å². The van der Waals surface area contributed by atoms with Gasteiger partial charge in [-0.15, -0.1) is 5.10 Å². The van der Waals surface area contributed by atoms with E-state index in [9.17, 15) is 8.78 Å². The lowest BCUT2D eigenvalue weighted by Crippen LogP contribution is -2.11. The molecular formula is C25H23F2N3O. The summed E-state index contributed by atoms with van der Waals surface area (Å²) in [6.45, 7) is 2.59. The lowest BCUT2D eigenvalue weighted by Gasteiger charge is -2.17. The van der Waals surface area contributed by atoms with Crippen LogP contribution < -0.4 is 10.5 Å². The van der Waals surface area contributed by atoms with Gasteiger partial charge in [0.2, 0.25) is 5.95 Å². The SMILES string of the molecule is CCC(=C(c1ccc(OCCN)c(F)c1)c1ccc2[nH]nc(F)c2c1)c1ccccc1. The number of hydrogen-bond acceptors (Lipinski definition) is 3. The summed E-state index contributed by atoms with van der Waals surface area (Å²) in [5.74, 6) is -0.879. The molecule has 0 aliphatic carbocycles.